The standard InChI is InChI=1S/C12H23Br/c1-5-6-7-8-11(13)9-10-12(2,3)4/h8H,5-7,9-10H2,1-4H3/b11-8+. The minimum atomic E-state index is 0.456. The highest BCUT2D eigenvalue weighted by molar-refractivity contribution is 9.11. The summed E-state index contributed by atoms with van der Waals surface area (Å²) in [6.45, 7) is 9.11. The van der Waals surface area contributed by atoms with Crippen LogP contribution in [-0.4, -0.2) is 0 Å². The average molecular weight is 247 g/mol. The Morgan fingerprint density at radius 2 is 1.92 bits per heavy atom. The van der Waals surface area contributed by atoms with Crippen LogP contribution in [0.5, 0.6) is 0 Å². The highest BCUT2D eigenvalue weighted by atomic mass is 79.9. The minimum Gasteiger partial charge on any atom is -0.0744 e. The predicted molar refractivity (Wildman–Crippen MR) is 65.2 cm³/mol. The van der Waals surface area contributed by atoms with Gasteiger partial charge in [0.2, 0.25) is 0 Å². The third-order valence-corrected chi connectivity index (χ3v) is 2.76. The molecular formula is C12H23Br. The van der Waals surface area contributed by atoms with Gasteiger partial charge in [0.1, 0.15) is 0 Å². The molecule has 0 N–H and O–H groups in total. The fourth-order valence-electron chi connectivity index (χ4n) is 1.06. The van der Waals surface area contributed by atoms with E-state index in [0.717, 1.165) is 0 Å². The summed E-state index contributed by atoms with van der Waals surface area (Å²) in [5, 5.41) is 0. The third kappa shape index (κ3) is 10.1. The average Bonchev–Trinajstić information content (AvgIpc) is 2.00. The molecular weight excluding hydrogens is 224 g/mol. The molecule has 0 heterocycles. The third-order valence-electron chi connectivity index (χ3n) is 2.04. The molecule has 0 atom stereocenters. The quantitative estimate of drug-likeness (QED) is 0.579. The number of hydrogen-bond acceptors (Lipinski definition) is 0. The molecule has 0 aromatic heterocycles. The second kappa shape index (κ2) is 6.64. The highest BCUT2D eigenvalue weighted by Crippen LogP contribution is 2.25. The van der Waals surface area contributed by atoms with Gasteiger partial charge < -0.3 is 0 Å². The number of rotatable bonds is 5. The normalized spacial score (nSPS) is 13.5. The smallest absolute Gasteiger partial charge is 0.00890 e. The van der Waals surface area contributed by atoms with Gasteiger partial charge in [-0.15, -0.1) is 0 Å². The summed E-state index contributed by atoms with van der Waals surface area (Å²) in [5.41, 5.74) is 0.456. The molecule has 0 rings (SSSR count). The van der Waals surface area contributed by atoms with Crippen molar-refractivity contribution in [2.24, 2.45) is 5.41 Å². The van der Waals surface area contributed by atoms with Crippen LogP contribution in [0.1, 0.15) is 59.8 Å². The summed E-state index contributed by atoms with van der Waals surface area (Å²) in [7, 11) is 0. The van der Waals surface area contributed by atoms with Crippen LogP contribution in [0.4, 0.5) is 0 Å². The molecule has 0 aliphatic heterocycles. The Bertz CT molecular complexity index is 151. The van der Waals surface area contributed by atoms with E-state index >= 15 is 0 Å². The van der Waals surface area contributed by atoms with Crippen molar-refractivity contribution in [3.05, 3.63) is 10.6 Å². The molecule has 78 valence electrons. The second-order valence-electron chi connectivity index (χ2n) is 4.85. The zero-order valence-electron chi connectivity index (χ0n) is 9.49. The molecule has 0 spiro atoms. The molecule has 13 heavy (non-hydrogen) atoms. The van der Waals surface area contributed by atoms with Crippen LogP contribution in [0, 0.1) is 5.41 Å². The molecule has 0 aromatic carbocycles. The molecule has 0 fully saturated rings. The van der Waals surface area contributed by atoms with E-state index in [1.165, 1.54) is 36.6 Å². The number of unbranched alkanes of at least 4 members (excludes halogenated alkanes) is 2. The lowest BCUT2D eigenvalue weighted by Gasteiger charge is -2.17. The lowest BCUT2D eigenvalue weighted by atomic mass is 9.90. The SMILES string of the molecule is CCCC/C=C(/Br)CCC(C)(C)C. The molecule has 0 aromatic rings. The molecule has 0 amide bonds. The van der Waals surface area contributed by atoms with Gasteiger partial charge in [0.25, 0.3) is 0 Å². The van der Waals surface area contributed by atoms with E-state index in [2.05, 4.69) is 49.7 Å². The molecule has 1 heteroatoms. The zero-order chi connectivity index (χ0) is 10.3. The minimum absolute atomic E-state index is 0.456. The van der Waals surface area contributed by atoms with Crippen molar-refractivity contribution in [1.29, 1.82) is 0 Å². The summed E-state index contributed by atoms with van der Waals surface area (Å²) in [4.78, 5) is 0. The Hall–Kier alpha value is 0.220. The largest absolute Gasteiger partial charge is 0.0744 e. The van der Waals surface area contributed by atoms with E-state index in [4.69, 9.17) is 0 Å². The van der Waals surface area contributed by atoms with E-state index in [-0.39, 0.29) is 0 Å². The number of hydrogen-bond donors (Lipinski definition) is 0. The second-order valence-corrected chi connectivity index (χ2v) is 5.87. The summed E-state index contributed by atoms with van der Waals surface area (Å²) >= 11 is 3.62. The lowest BCUT2D eigenvalue weighted by Crippen LogP contribution is -2.03. The number of halogens is 1. The van der Waals surface area contributed by atoms with Crippen molar-refractivity contribution in [2.75, 3.05) is 0 Å². The van der Waals surface area contributed by atoms with Crippen molar-refractivity contribution in [3.8, 4) is 0 Å². The highest BCUT2D eigenvalue weighted by Gasteiger charge is 2.09. The molecule has 0 nitrogen and oxygen atoms in total. The van der Waals surface area contributed by atoms with Crippen LogP contribution in [0.3, 0.4) is 0 Å². The van der Waals surface area contributed by atoms with Crippen molar-refractivity contribution < 1.29 is 0 Å². The molecule has 0 radical (unpaired) electrons. The molecule has 0 saturated carbocycles. The first-order chi connectivity index (χ1) is 5.95. The van der Waals surface area contributed by atoms with Crippen molar-refractivity contribution >= 4 is 15.9 Å². The van der Waals surface area contributed by atoms with Crippen LogP contribution < -0.4 is 0 Å². The summed E-state index contributed by atoms with van der Waals surface area (Å²) in [6.07, 6.45) is 8.60. The van der Waals surface area contributed by atoms with Crippen LogP contribution in [-0.2, 0) is 0 Å². The fourth-order valence-corrected chi connectivity index (χ4v) is 1.49. The molecule has 0 bridgehead atoms. The van der Waals surface area contributed by atoms with E-state index < -0.39 is 0 Å². The van der Waals surface area contributed by atoms with E-state index in [0.29, 0.717) is 5.41 Å². The summed E-state index contributed by atoms with van der Waals surface area (Å²) < 4.78 is 1.39. The van der Waals surface area contributed by atoms with Gasteiger partial charge in [0.15, 0.2) is 0 Å². The topological polar surface area (TPSA) is 0 Å². The maximum atomic E-state index is 3.62. The van der Waals surface area contributed by atoms with Gasteiger partial charge in [-0.1, -0.05) is 62.5 Å². The Kier molecular flexibility index (Phi) is 6.75. The van der Waals surface area contributed by atoms with E-state index in [9.17, 15) is 0 Å². The van der Waals surface area contributed by atoms with Gasteiger partial charge in [-0.3, -0.25) is 0 Å². The first kappa shape index (κ1) is 13.2. The van der Waals surface area contributed by atoms with Crippen LogP contribution in [0.2, 0.25) is 0 Å². The van der Waals surface area contributed by atoms with Crippen molar-refractivity contribution in [3.63, 3.8) is 0 Å². The molecule has 0 saturated heterocycles. The fraction of sp³-hybridized carbons (Fsp3) is 0.833. The first-order valence-electron chi connectivity index (χ1n) is 5.30. The summed E-state index contributed by atoms with van der Waals surface area (Å²) in [6, 6.07) is 0. The predicted octanol–water partition coefficient (Wildman–Crippen LogP) is 5.28. The number of allylic oxidation sites excluding steroid dienone is 2. The van der Waals surface area contributed by atoms with Crippen LogP contribution >= 0.6 is 15.9 Å². The van der Waals surface area contributed by atoms with Gasteiger partial charge >= 0.3 is 0 Å². The van der Waals surface area contributed by atoms with Gasteiger partial charge in [0, 0.05) is 0 Å². The zero-order valence-corrected chi connectivity index (χ0v) is 11.1. The Morgan fingerprint density at radius 3 is 2.38 bits per heavy atom. The Labute approximate surface area is 91.9 Å². The molecule has 0 aliphatic carbocycles. The Balaban J connectivity index is 3.61. The Morgan fingerprint density at radius 1 is 1.31 bits per heavy atom. The van der Waals surface area contributed by atoms with Crippen LogP contribution in [0.15, 0.2) is 10.6 Å². The monoisotopic (exact) mass is 246 g/mol. The summed E-state index contributed by atoms with van der Waals surface area (Å²) in [5.74, 6) is 0. The van der Waals surface area contributed by atoms with Crippen molar-refractivity contribution in [1.82, 2.24) is 0 Å². The lowest BCUT2D eigenvalue weighted by molar-refractivity contribution is 0.380. The van der Waals surface area contributed by atoms with E-state index in [1.807, 2.05) is 0 Å². The maximum Gasteiger partial charge on any atom is -0.00890 e. The van der Waals surface area contributed by atoms with Crippen LogP contribution in [0.25, 0.3) is 0 Å². The van der Waals surface area contributed by atoms with E-state index in [1.54, 1.807) is 0 Å². The molecule has 0 unspecified atom stereocenters. The first-order valence-corrected chi connectivity index (χ1v) is 6.09. The molecule has 0 aliphatic rings. The maximum absolute atomic E-state index is 3.62. The van der Waals surface area contributed by atoms with Gasteiger partial charge in [-0.25, -0.2) is 0 Å². The van der Waals surface area contributed by atoms with Gasteiger partial charge in [-0.05, 0) is 29.2 Å². The van der Waals surface area contributed by atoms with Gasteiger partial charge in [0.05, 0.1) is 0 Å². The van der Waals surface area contributed by atoms with Gasteiger partial charge in [-0.2, -0.15) is 0 Å². The van der Waals surface area contributed by atoms with Crippen molar-refractivity contribution in [2.45, 2.75) is 59.8 Å².